The van der Waals surface area contributed by atoms with Crippen LogP contribution < -0.4 is 9.47 Å². The van der Waals surface area contributed by atoms with Crippen LogP contribution in [-0.2, 0) is 9.47 Å². The first-order valence-corrected chi connectivity index (χ1v) is 8.42. The van der Waals surface area contributed by atoms with Gasteiger partial charge in [0.05, 0.1) is 7.11 Å². The zero-order valence-electron chi connectivity index (χ0n) is 13.5. The van der Waals surface area contributed by atoms with Gasteiger partial charge in [-0.25, -0.2) is 4.79 Å². The summed E-state index contributed by atoms with van der Waals surface area (Å²) in [4.78, 5) is 11.5. The van der Waals surface area contributed by atoms with E-state index in [9.17, 15) is 4.79 Å². The fraction of sp³-hybridized carbons (Fsp3) is 0.611. The van der Waals surface area contributed by atoms with E-state index in [0.29, 0.717) is 5.75 Å². The van der Waals surface area contributed by atoms with E-state index in [4.69, 9.17) is 18.9 Å². The van der Waals surface area contributed by atoms with Gasteiger partial charge in [-0.05, 0) is 43.0 Å². The second-order valence-electron chi connectivity index (χ2n) is 6.27. The molecule has 0 bridgehead atoms. The van der Waals surface area contributed by atoms with E-state index in [0.717, 1.165) is 24.5 Å². The van der Waals surface area contributed by atoms with Crippen LogP contribution in [-0.4, -0.2) is 25.7 Å². The summed E-state index contributed by atoms with van der Waals surface area (Å²) in [6, 6.07) is 7.21. The first kappa shape index (κ1) is 16.0. The van der Waals surface area contributed by atoms with Crippen LogP contribution in [0.3, 0.4) is 0 Å². The first-order chi connectivity index (χ1) is 11.2. The Kier molecular flexibility index (Phi) is 5.26. The number of ether oxygens (including phenoxy) is 4. The Morgan fingerprint density at radius 1 is 1.00 bits per heavy atom. The molecule has 0 aromatic heterocycles. The Balaban J connectivity index is 1.54. The second-order valence-corrected chi connectivity index (χ2v) is 6.27. The molecule has 2 atom stereocenters. The van der Waals surface area contributed by atoms with Crippen molar-refractivity contribution < 1.29 is 23.7 Å². The van der Waals surface area contributed by atoms with Crippen molar-refractivity contribution in [1.29, 1.82) is 0 Å². The molecule has 2 aliphatic rings. The van der Waals surface area contributed by atoms with Gasteiger partial charge in [-0.3, -0.25) is 0 Å². The number of hydrogen-bond acceptors (Lipinski definition) is 5. The van der Waals surface area contributed by atoms with Gasteiger partial charge in [0, 0.05) is 0 Å². The molecule has 1 aromatic rings. The summed E-state index contributed by atoms with van der Waals surface area (Å²) >= 11 is 0. The maximum Gasteiger partial charge on any atom is 0.512 e. The highest BCUT2D eigenvalue weighted by Gasteiger charge is 2.38. The van der Waals surface area contributed by atoms with Gasteiger partial charge < -0.3 is 18.9 Å². The topological polar surface area (TPSA) is 54.0 Å². The summed E-state index contributed by atoms with van der Waals surface area (Å²) in [5, 5.41) is 0. The number of carbonyl (C=O) groups excluding carboxylic acids is 1. The van der Waals surface area contributed by atoms with Gasteiger partial charge in [-0.15, -0.1) is 0 Å². The molecule has 2 fully saturated rings. The lowest BCUT2D eigenvalue weighted by Crippen LogP contribution is -2.29. The van der Waals surface area contributed by atoms with Crippen LogP contribution in [0.15, 0.2) is 24.3 Å². The van der Waals surface area contributed by atoms with Crippen LogP contribution in [0.2, 0.25) is 0 Å². The summed E-state index contributed by atoms with van der Waals surface area (Å²) in [6.45, 7) is 0. The van der Waals surface area contributed by atoms with Crippen LogP contribution in [0, 0.1) is 5.92 Å². The lowest BCUT2D eigenvalue weighted by molar-refractivity contribution is -0.0272. The lowest BCUT2D eigenvalue weighted by Gasteiger charge is -2.23. The van der Waals surface area contributed by atoms with Crippen molar-refractivity contribution in [2.45, 2.75) is 57.3 Å². The third kappa shape index (κ3) is 4.30. The van der Waals surface area contributed by atoms with E-state index in [1.165, 1.54) is 32.1 Å². The smallest absolute Gasteiger partial charge is 0.497 e. The van der Waals surface area contributed by atoms with E-state index < -0.39 is 12.4 Å². The fourth-order valence-corrected chi connectivity index (χ4v) is 3.34. The highest BCUT2D eigenvalue weighted by molar-refractivity contribution is 5.62. The summed E-state index contributed by atoms with van der Waals surface area (Å²) in [5.41, 5.74) is 0. The summed E-state index contributed by atoms with van der Waals surface area (Å²) in [5.74, 6) is 2.13. The van der Waals surface area contributed by atoms with Crippen molar-refractivity contribution in [2.75, 3.05) is 7.11 Å². The number of cyclic esters (lactones) is 2. The molecule has 3 rings (SSSR count). The molecule has 0 spiro atoms. The Labute approximate surface area is 136 Å². The average Bonchev–Trinajstić information content (AvgIpc) is 2.94. The first-order valence-electron chi connectivity index (χ1n) is 8.42. The molecule has 1 aliphatic heterocycles. The van der Waals surface area contributed by atoms with Crippen LogP contribution >= 0.6 is 0 Å². The van der Waals surface area contributed by atoms with E-state index in [1.807, 2.05) is 12.1 Å². The molecule has 5 nitrogen and oxygen atoms in total. The molecular weight excluding hydrogens is 296 g/mol. The summed E-state index contributed by atoms with van der Waals surface area (Å²) < 4.78 is 21.3. The van der Waals surface area contributed by atoms with Gasteiger partial charge in [0.15, 0.2) is 6.10 Å². The molecule has 126 valence electrons. The molecule has 0 amide bonds. The van der Waals surface area contributed by atoms with Gasteiger partial charge in [-0.1, -0.05) is 32.1 Å². The van der Waals surface area contributed by atoms with Crippen LogP contribution in [0.25, 0.3) is 0 Å². The largest absolute Gasteiger partial charge is 0.512 e. The molecule has 0 N–H and O–H groups in total. The van der Waals surface area contributed by atoms with Gasteiger partial charge in [0.2, 0.25) is 0 Å². The summed E-state index contributed by atoms with van der Waals surface area (Å²) in [6.07, 6.45) is 6.76. The molecule has 1 aliphatic carbocycles. The minimum atomic E-state index is -0.667. The van der Waals surface area contributed by atoms with E-state index in [2.05, 4.69) is 0 Å². The minimum Gasteiger partial charge on any atom is -0.497 e. The van der Waals surface area contributed by atoms with E-state index in [1.54, 1.807) is 19.2 Å². The Hall–Kier alpha value is -1.91. The Morgan fingerprint density at radius 3 is 2.39 bits per heavy atom. The fourth-order valence-electron chi connectivity index (χ4n) is 3.34. The molecule has 1 saturated carbocycles. The van der Waals surface area contributed by atoms with Gasteiger partial charge in [0.1, 0.15) is 11.5 Å². The molecule has 0 radical (unpaired) electrons. The van der Waals surface area contributed by atoms with Crippen LogP contribution in [0.1, 0.15) is 44.9 Å². The van der Waals surface area contributed by atoms with Crippen LogP contribution in [0.4, 0.5) is 4.79 Å². The van der Waals surface area contributed by atoms with Crippen molar-refractivity contribution in [3.63, 3.8) is 0 Å². The molecule has 1 aromatic carbocycles. The summed E-state index contributed by atoms with van der Waals surface area (Å²) in [7, 11) is 1.61. The van der Waals surface area contributed by atoms with Crippen molar-refractivity contribution >= 4 is 6.16 Å². The number of rotatable bonds is 6. The maximum atomic E-state index is 11.5. The normalized spacial score (nSPS) is 24.8. The zero-order valence-corrected chi connectivity index (χ0v) is 13.5. The van der Waals surface area contributed by atoms with Crippen molar-refractivity contribution in [2.24, 2.45) is 5.92 Å². The zero-order chi connectivity index (χ0) is 16.1. The maximum absolute atomic E-state index is 11.5. The lowest BCUT2D eigenvalue weighted by atomic mass is 9.85. The third-order valence-electron chi connectivity index (χ3n) is 4.66. The molecule has 5 heteroatoms. The van der Waals surface area contributed by atoms with Crippen molar-refractivity contribution in [1.82, 2.24) is 0 Å². The number of benzene rings is 1. The average molecular weight is 320 g/mol. The molecule has 2 unspecified atom stereocenters. The highest BCUT2D eigenvalue weighted by Crippen LogP contribution is 2.31. The monoisotopic (exact) mass is 320 g/mol. The van der Waals surface area contributed by atoms with Gasteiger partial charge in [-0.2, -0.15) is 0 Å². The quantitative estimate of drug-likeness (QED) is 0.732. The SMILES string of the molecule is COc1ccc(OC2OC(=O)OC2CCC2CCCCC2)cc1. The standard InChI is InChI=1S/C18H24O5/c1-20-14-8-10-15(11-9-14)21-17-16(22-18(19)23-17)12-7-13-5-3-2-4-6-13/h8-11,13,16-17H,2-7,12H2,1H3. The number of methoxy groups -OCH3 is 1. The second kappa shape index (κ2) is 7.57. The van der Waals surface area contributed by atoms with Gasteiger partial charge in [0.25, 0.3) is 6.29 Å². The molecule has 1 heterocycles. The Morgan fingerprint density at radius 2 is 1.70 bits per heavy atom. The molecule has 23 heavy (non-hydrogen) atoms. The Bertz CT molecular complexity index is 507. The minimum absolute atomic E-state index is 0.327. The predicted molar refractivity (Wildman–Crippen MR) is 84.6 cm³/mol. The highest BCUT2D eigenvalue weighted by atomic mass is 16.8. The molecule has 1 saturated heterocycles. The van der Waals surface area contributed by atoms with Crippen LogP contribution in [0.5, 0.6) is 11.5 Å². The predicted octanol–water partition coefficient (Wildman–Crippen LogP) is 4.30. The number of hydrogen-bond donors (Lipinski definition) is 0. The van der Waals surface area contributed by atoms with E-state index in [-0.39, 0.29) is 6.10 Å². The van der Waals surface area contributed by atoms with Crippen molar-refractivity contribution in [3.8, 4) is 11.5 Å². The third-order valence-corrected chi connectivity index (χ3v) is 4.66. The number of carbonyl (C=O) groups is 1. The van der Waals surface area contributed by atoms with Gasteiger partial charge >= 0.3 is 6.16 Å². The molecular formula is C18H24O5. The van der Waals surface area contributed by atoms with Crippen molar-refractivity contribution in [3.05, 3.63) is 24.3 Å². The van der Waals surface area contributed by atoms with E-state index >= 15 is 0 Å².